The van der Waals surface area contributed by atoms with Crippen LogP contribution in [0.2, 0.25) is 0 Å². The number of rotatable bonds is 5. The Morgan fingerprint density at radius 3 is 2.63 bits per heavy atom. The highest BCUT2D eigenvalue weighted by atomic mass is 16.5. The molecule has 4 aliphatic carbocycles. The minimum Gasteiger partial charge on any atom is -0.393 e. The van der Waals surface area contributed by atoms with Gasteiger partial charge in [0.15, 0.2) is 17.2 Å². The molecule has 0 amide bonds. The minimum absolute atomic E-state index is 0.00242. The number of hydrogen-bond donors (Lipinski definition) is 1. The van der Waals surface area contributed by atoms with Crippen LogP contribution in [0.3, 0.4) is 0 Å². The van der Waals surface area contributed by atoms with Crippen LogP contribution in [-0.2, 0) is 23.8 Å². The maximum Gasteiger partial charge on any atom is 0.193 e. The Morgan fingerprint density at radius 2 is 2.00 bits per heavy atom. The summed E-state index contributed by atoms with van der Waals surface area (Å²) in [6, 6.07) is 0. The van der Waals surface area contributed by atoms with Crippen molar-refractivity contribution in [2.75, 3.05) is 27.9 Å². The zero-order valence-electron chi connectivity index (χ0n) is 18.6. The van der Waals surface area contributed by atoms with Gasteiger partial charge in [0, 0.05) is 38.1 Å². The molecule has 3 saturated carbocycles. The molecule has 4 rings (SSSR count). The molecule has 4 aliphatic rings. The van der Waals surface area contributed by atoms with Gasteiger partial charge in [-0.05, 0) is 49.7 Å². The van der Waals surface area contributed by atoms with E-state index in [1.807, 2.05) is 6.08 Å². The van der Waals surface area contributed by atoms with E-state index >= 15 is 0 Å². The Morgan fingerprint density at radius 1 is 1.27 bits per heavy atom. The number of ketones is 2. The topological polar surface area (TPSA) is 82.1 Å². The molecular weight excluding hydrogens is 384 g/mol. The molecule has 0 aromatic heterocycles. The van der Waals surface area contributed by atoms with E-state index in [1.54, 1.807) is 26.4 Å². The van der Waals surface area contributed by atoms with Gasteiger partial charge in [-0.15, -0.1) is 0 Å². The van der Waals surface area contributed by atoms with Gasteiger partial charge >= 0.3 is 0 Å². The molecule has 30 heavy (non-hydrogen) atoms. The third kappa shape index (κ3) is 2.63. The van der Waals surface area contributed by atoms with Crippen LogP contribution >= 0.6 is 0 Å². The van der Waals surface area contributed by atoms with Crippen molar-refractivity contribution in [3.63, 3.8) is 0 Å². The van der Waals surface area contributed by atoms with Crippen molar-refractivity contribution in [3.05, 3.63) is 23.8 Å². The number of fused-ring (bicyclic) bond motifs is 5. The zero-order valence-corrected chi connectivity index (χ0v) is 18.6. The number of methoxy groups -OCH3 is 3. The molecule has 0 bridgehead atoms. The monoisotopic (exact) mass is 418 g/mol. The summed E-state index contributed by atoms with van der Waals surface area (Å²) in [5.74, 6) is 0.285. The van der Waals surface area contributed by atoms with E-state index in [0.29, 0.717) is 12.8 Å². The van der Waals surface area contributed by atoms with Crippen molar-refractivity contribution in [2.45, 2.75) is 57.3 Å². The van der Waals surface area contributed by atoms with Gasteiger partial charge in [-0.25, -0.2) is 0 Å². The average Bonchev–Trinajstić information content (AvgIpc) is 2.96. The van der Waals surface area contributed by atoms with Gasteiger partial charge in [-0.1, -0.05) is 25.5 Å². The average molecular weight is 419 g/mol. The number of hydrogen-bond acceptors (Lipinski definition) is 6. The van der Waals surface area contributed by atoms with Crippen LogP contribution in [0.15, 0.2) is 23.8 Å². The SMILES string of the molecule is COCC(=O)C1(OC)C(OC)CC2C3CCC4=CC(=O)C=C[C@]4(C)C3C(O)C[C@@]21C. The van der Waals surface area contributed by atoms with Gasteiger partial charge in [0.05, 0.1) is 12.2 Å². The van der Waals surface area contributed by atoms with Crippen LogP contribution in [-0.4, -0.2) is 62.4 Å². The first-order valence-electron chi connectivity index (χ1n) is 10.9. The maximum atomic E-state index is 13.4. The molecule has 0 saturated heterocycles. The van der Waals surface area contributed by atoms with Crippen LogP contribution < -0.4 is 0 Å². The molecule has 1 N–H and O–H groups in total. The van der Waals surface area contributed by atoms with Crippen molar-refractivity contribution in [1.29, 1.82) is 0 Å². The van der Waals surface area contributed by atoms with E-state index in [-0.39, 0.29) is 47.4 Å². The second-order valence-corrected chi connectivity index (χ2v) is 9.97. The van der Waals surface area contributed by atoms with Crippen LogP contribution in [0.1, 0.15) is 39.5 Å². The molecule has 6 heteroatoms. The summed E-state index contributed by atoms with van der Waals surface area (Å²) >= 11 is 0. The van der Waals surface area contributed by atoms with Crippen molar-refractivity contribution in [3.8, 4) is 0 Å². The van der Waals surface area contributed by atoms with E-state index in [9.17, 15) is 14.7 Å². The molecule has 0 aliphatic heterocycles. The lowest BCUT2D eigenvalue weighted by molar-refractivity contribution is -0.202. The minimum atomic E-state index is -1.15. The van der Waals surface area contributed by atoms with Crippen LogP contribution in [0.5, 0.6) is 0 Å². The van der Waals surface area contributed by atoms with Crippen LogP contribution in [0, 0.1) is 28.6 Å². The van der Waals surface area contributed by atoms with Gasteiger partial charge < -0.3 is 19.3 Å². The van der Waals surface area contributed by atoms with Crippen LogP contribution in [0.4, 0.5) is 0 Å². The van der Waals surface area contributed by atoms with Crippen molar-refractivity contribution >= 4 is 11.6 Å². The first-order valence-corrected chi connectivity index (χ1v) is 10.9. The number of allylic oxidation sites excluding steroid dienone is 4. The predicted molar refractivity (Wildman–Crippen MR) is 111 cm³/mol. The largest absolute Gasteiger partial charge is 0.393 e. The van der Waals surface area contributed by atoms with E-state index in [1.165, 1.54) is 7.11 Å². The summed E-state index contributed by atoms with van der Waals surface area (Å²) in [5.41, 5.74) is -0.933. The summed E-state index contributed by atoms with van der Waals surface area (Å²) in [4.78, 5) is 25.3. The molecule has 6 unspecified atom stereocenters. The molecular formula is C24H34O6. The molecule has 3 fully saturated rings. The van der Waals surface area contributed by atoms with Gasteiger partial charge in [0.1, 0.15) is 6.61 Å². The van der Waals surface area contributed by atoms with Crippen molar-refractivity contribution in [2.24, 2.45) is 28.6 Å². The normalized spacial score (nSPS) is 47.3. The number of carbonyl (C=O) groups is 2. The predicted octanol–water partition coefficient (Wildman–Crippen LogP) is 2.49. The highest BCUT2D eigenvalue weighted by Gasteiger charge is 2.72. The number of aliphatic hydroxyl groups excluding tert-OH is 1. The Balaban J connectivity index is 1.79. The molecule has 6 nitrogen and oxygen atoms in total. The second kappa shape index (κ2) is 7.37. The maximum absolute atomic E-state index is 13.4. The van der Waals surface area contributed by atoms with E-state index in [4.69, 9.17) is 14.2 Å². The Hall–Kier alpha value is -1.34. The summed E-state index contributed by atoms with van der Waals surface area (Å²) in [6.07, 6.45) is 7.27. The zero-order chi connectivity index (χ0) is 21.9. The fourth-order valence-electron chi connectivity index (χ4n) is 7.78. The standard InChI is InChI=1S/C24H34O6/c1-22-9-8-15(25)10-14(22)6-7-16-17-11-20(29-4)24(30-5,19(27)13-28-3)23(17,2)12-18(26)21(16)22/h8-10,16-18,20-21,26H,6-7,11-13H2,1-5H3/t16?,17?,18?,20?,21?,22-,23-,24?/m0/s1. The summed E-state index contributed by atoms with van der Waals surface area (Å²) < 4.78 is 17.1. The molecule has 0 radical (unpaired) electrons. The number of ether oxygens (including phenoxy) is 3. The van der Waals surface area contributed by atoms with E-state index in [0.717, 1.165) is 18.4 Å². The molecule has 0 aromatic carbocycles. The number of carbonyl (C=O) groups excluding carboxylic acids is 2. The Bertz CT molecular complexity index is 802. The molecule has 166 valence electrons. The lowest BCUT2D eigenvalue weighted by Crippen LogP contribution is -2.64. The first-order chi connectivity index (χ1) is 14.2. The first kappa shape index (κ1) is 21.9. The van der Waals surface area contributed by atoms with Crippen molar-refractivity contribution < 1.29 is 28.9 Å². The molecule has 0 aromatic rings. The summed E-state index contributed by atoms with van der Waals surface area (Å²) in [7, 11) is 4.71. The second-order valence-electron chi connectivity index (χ2n) is 9.97. The number of aliphatic hydroxyl groups is 1. The van der Waals surface area contributed by atoms with E-state index < -0.39 is 17.1 Å². The third-order valence-corrected chi connectivity index (χ3v) is 8.95. The fraction of sp³-hybridized carbons (Fsp3) is 0.750. The summed E-state index contributed by atoms with van der Waals surface area (Å²) in [5, 5.41) is 11.5. The Kier molecular flexibility index (Phi) is 5.37. The number of Topliss-reactive ketones (excluding diaryl/α,β-unsaturated/α-hetero) is 1. The van der Waals surface area contributed by atoms with Gasteiger partial charge in [-0.3, -0.25) is 9.59 Å². The highest BCUT2D eigenvalue weighted by Crippen LogP contribution is 2.68. The molecule has 0 heterocycles. The highest BCUT2D eigenvalue weighted by molar-refractivity contribution is 6.01. The lowest BCUT2D eigenvalue weighted by atomic mass is 9.46. The molecule has 0 spiro atoms. The van der Waals surface area contributed by atoms with Gasteiger partial charge in [0.25, 0.3) is 0 Å². The quantitative estimate of drug-likeness (QED) is 0.739. The van der Waals surface area contributed by atoms with Gasteiger partial charge in [0.2, 0.25) is 0 Å². The fourth-order valence-corrected chi connectivity index (χ4v) is 7.78. The molecule has 8 atom stereocenters. The Labute approximate surface area is 178 Å². The third-order valence-electron chi connectivity index (χ3n) is 8.95. The van der Waals surface area contributed by atoms with E-state index in [2.05, 4.69) is 13.8 Å². The lowest BCUT2D eigenvalue weighted by Gasteiger charge is -2.60. The smallest absolute Gasteiger partial charge is 0.193 e. The van der Waals surface area contributed by atoms with Crippen molar-refractivity contribution in [1.82, 2.24) is 0 Å². The van der Waals surface area contributed by atoms with Crippen LogP contribution in [0.25, 0.3) is 0 Å². The summed E-state index contributed by atoms with van der Waals surface area (Å²) in [6.45, 7) is 4.18. The van der Waals surface area contributed by atoms with Gasteiger partial charge in [-0.2, -0.15) is 0 Å².